The van der Waals surface area contributed by atoms with Crippen molar-refractivity contribution in [1.29, 1.82) is 0 Å². The van der Waals surface area contributed by atoms with E-state index in [1.54, 1.807) is 0 Å². The quantitative estimate of drug-likeness (QED) is 0.411. The van der Waals surface area contributed by atoms with Crippen molar-refractivity contribution in [1.82, 2.24) is 19.9 Å². The van der Waals surface area contributed by atoms with Gasteiger partial charge in [0.25, 0.3) is 0 Å². The zero-order chi connectivity index (χ0) is 19.3. The lowest BCUT2D eigenvalue weighted by Crippen LogP contribution is -2.11. The van der Waals surface area contributed by atoms with Crippen LogP contribution in [0, 0.1) is 0 Å². The summed E-state index contributed by atoms with van der Waals surface area (Å²) in [5.74, 6) is 0. The Bertz CT molecular complexity index is 1070. The van der Waals surface area contributed by atoms with E-state index < -0.39 is 0 Å². The van der Waals surface area contributed by atoms with Crippen molar-refractivity contribution < 1.29 is 0 Å². The van der Waals surface area contributed by atoms with Gasteiger partial charge < -0.3 is 21.4 Å². The average molecular weight is 372 g/mol. The molecule has 28 heavy (non-hydrogen) atoms. The number of fused-ring (bicyclic) bond motifs is 8. The van der Waals surface area contributed by atoms with Gasteiger partial charge in [0.1, 0.15) is 0 Å². The molecule has 6 N–H and O–H groups in total. The van der Waals surface area contributed by atoms with Crippen molar-refractivity contribution in [3.05, 3.63) is 71.3 Å². The van der Waals surface area contributed by atoms with E-state index in [2.05, 4.69) is 63.5 Å². The van der Waals surface area contributed by atoms with E-state index in [4.69, 9.17) is 16.5 Å². The predicted molar refractivity (Wildman–Crippen MR) is 115 cm³/mol. The summed E-state index contributed by atoms with van der Waals surface area (Å²) in [6.07, 6.45) is 6.03. The summed E-state index contributed by atoms with van der Waals surface area (Å²) < 4.78 is 0. The zero-order valence-corrected chi connectivity index (χ0v) is 15.7. The van der Waals surface area contributed by atoms with Crippen LogP contribution in [-0.2, 0) is 12.8 Å². The van der Waals surface area contributed by atoms with E-state index in [-0.39, 0.29) is 0 Å². The van der Waals surface area contributed by atoms with E-state index in [1.165, 1.54) is 0 Å². The maximum atomic E-state index is 4.90. The molecule has 8 bridgehead atoms. The highest BCUT2D eigenvalue weighted by Gasteiger charge is 2.06. The minimum atomic E-state index is 0.597. The van der Waals surface area contributed by atoms with Crippen molar-refractivity contribution in [2.45, 2.75) is 12.8 Å². The van der Waals surface area contributed by atoms with E-state index in [0.717, 1.165) is 57.7 Å². The summed E-state index contributed by atoms with van der Waals surface area (Å²) >= 11 is 0. The molecule has 0 saturated heterocycles. The molecule has 142 valence electrons. The van der Waals surface area contributed by atoms with Gasteiger partial charge >= 0.3 is 0 Å². The standard InChI is InChI=1S/C20H16N4.C2H8N2/c1-2-14-10-16-5-6-18(23-16)12-20-8-7-19(24-20)11-17-4-3-15(22-17)9-13(1)21-14;3-1-2-4/h1-6,9-12,22-23H,7-8H2;1-4H2. The number of aromatic amines is 2. The molecule has 0 spiro atoms. The number of hydrogen-bond donors (Lipinski definition) is 4. The van der Waals surface area contributed by atoms with Crippen molar-refractivity contribution in [3.8, 4) is 0 Å². The highest BCUT2D eigenvalue weighted by molar-refractivity contribution is 5.74. The molecule has 0 unspecified atom stereocenters. The second-order valence-corrected chi connectivity index (χ2v) is 6.78. The van der Waals surface area contributed by atoms with Crippen molar-refractivity contribution >= 4 is 34.2 Å². The highest BCUT2D eigenvalue weighted by Crippen LogP contribution is 2.16. The first-order valence-corrected chi connectivity index (χ1v) is 9.46. The molecule has 0 radical (unpaired) electrons. The average Bonchev–Trinajstić information content (AvgIpc) is 3.47. The molecule has 2 aliphatic heterocycles. The fourth-order valence-electron chi connectivity index (χ4n) is 3.19. The lowest BCUT2D eigenvalue weighted by molar-refractivity contribution is 0.976. The van der Waals surface area contributed by atoms with Gasteiger partial charge in [0.2, 0.25) is 0 Å². The largest absolute Gasteiger partial charge is 0.355 e. The van der Waals surface area contributed by atoms with Crippen molar-refractivity contribution in [2.24, 2.45) is 11.5 Å². The Hall–Kier alpha value is -3.22. The lowest BCUT2D eigenvalue weighted by Gasteiger charge is -1.85. The first-order chi connectivity index (χ1) is 13.7. The van der Waals surface area contributed by atoms with E-state index in [0.29, 0.717) is 13.1 Å². The summed E-state index contributed by atoms with van der Waals surface area (Å²) in [6.45, 7) is 1.19. The molecule has 5 rings (SSSR count). The Morgan fingerprint density at radius 1 is 0.643 bits per heavy atom. The third-order valence-corrected chi connectivity index (χ3v) is 4.49. The lowest BCUT2D eigenvalue weighted by atomic mass is 10.2. The van der Waals surface area contributed by atoms with Crippen LogP contribution >= 0.6 is 0 Å². The van der Waals surface area contributed by atoms with E-state index in [1.807, 2.05) is 12.2 Å². The van der Waals surface area contributed by atoms with Crippen molar-refractivity contribution in [2.75, 3.05) is 13.1 Å². The highest BCUT2D eigenvalue weighted by atomic mass is 14.8. The van der Waals surface area contributed by atoms with E-state index in [9.17, 15) is 0 Å². The smallest absolute Gasteiger partial charge is 0.0658 e. The fraction of sp³-hybridized carbons (Fsp3) is 0.182. The molecule has 0 atom stereocenters. The van der Waals surface area contributed by atoms with Crippen LogP contribution in [0.1, 0.15) is 22.8 Å². The topological polar surface area (TPSA) is 109 Å². The van der Waals surface area contributed by atoms with Crippen LogP contribution in [0.25, 0.3) is 34.2 Å². The second kappa shape index (κ2) is 8.21. The van der Waals surface area contributed by atoms with Gasteiger partial charge in [-0.15, -0.1) is 0 Å². The molecule has 6 nitrogen and oxygen atoms in total. The summed E-state index contributed by atoms with van der Waals surface area (Å²) in [7, 11) is 0. The molecule has 5 heterocycles. The summed E-state index contributed by atoms with van der Waals surface area (Å²) in [5.41, 5.74) is 18.2. The van der Waals surface area contributed by atoms with Gasteiger partial charge in [-0.1, -0.05) is 0 Å². The van der Waals surface area contributed by atoms with Crippen LogP contribution < -0.4 is 11.5 Å². The van der Waals surface area contributed by atoms with Crippen molar-refractivity contribution in [3.63, 3.8) is 0 Å². The number of nitrogens with one attached hydrogen (secondary N) is 2. The van der Waals surface area contributed by atoms with Crippen LogP contribution in [0.2, 0.25) is 0 Å². The molecular formula is C22H24N6. The van der Waals surface area contributed by atoms with Crippen LogP contribution in [0.4, 0.5) is 0 Å². The molecule has 0 aromatic carbocycles. The van der Waals surface area contributed by atoms with Gasteiger partial charge in [-0.3, -0.25) is 4.98 Å². The minimum Gasteiger partial charge on any atom is -0.355 e. The number of hydrogen-bond acceptors (Lipinski definition) is 4. The van der Waals surface area contributed by atoms with Gasteiger partial charge in [0.15, 0.2) is 0 Å². The Labute approximate surface area is 163 Å². The molecule has 6 heteroatoms. The van der Waals surface area contributed by atoms with Gasteiger partial charge in [-0.05, 0) is 73.5 Å². The first-order valence-electron chi connectivity index (χ1n) is 9.46. The predicted octanol–water partition coefficient (Wildman–Crippen LogP) is 3.17. The molecule has 0 saturated carbocycles. The fourth-order valence-corrected chi connectivity index (χ4v) is 3.19. The summed E-state index contributed by atoms with van der Waals surface area (Å²) in [4.78, 5) is 16.2. The molecule has 2 aliphatic rings. The van der Waals surface area contributed by atoms with Gasteiger partial charge in [0.05, 0.1) is 11.4 Å². The third kappa shape index (κ3) is 4.36. The molecule has 0 fully saturated rings. The normalized spacial score (nSPS) is 12.5. The number of aryl methyl sites for hydroxylation is 2. The monoisotopic (exact) mass is 372 g/mol. The Morgan fingerprint density at radius 2 is 1.07 bits per heavy atom. The number of rotatable bonds is 1. The van der Waals surface area contributed by atoms with Crippen LogP contribution in [-0.4, -0.2) is 33.0 Å². The Kier molecular flexibility index (Phi) is 5.32. The number of aromatic nitrogens is 4. The summed E-state index contributed by atoms with van der Waals surface area (Å²) in [6, 6.07) is 16.7. The Balaban J connectivity index is 0.000000442. The SMILES string of the molecule is C1=Cc2cc3ccc(cc4nc(cc5ccc(cc1n2)[nH]5)CC4)[nH]3.NCCN. The molecule has 3 aromatic rings. The maximum Gasteiger partial charge on any atom is 0.0658 e. The van der Waals surface area contributed by atoms with Gasteiger partial charge in [-0.2, -0.15) is 0 Å². The second-order valence-electron chi connectivity index (χ2n) is 6.78. The van der Waals surface area contributed by atoms with Crippen LogP contribution in [0.5, 0.6) is 0 Å². The molecule has 0 amide bonds. The number of H-pyrrole nitrogens is 2. The first kappa shape index (κ1) is 18.2. The summed E-state index contributed by atoms with van der Waals surface area (Å²) in [5, 5.41) is 0. The molecular weight excluding hydrogens is 348 g/mol. The third-order valence-electron chi connectivity index (χ3n) is 4.49. The van der Waals surface area contributed by atoms with Crippen LogP contribution in [0.3, 0.4) is 0 Å². The van der Waals surface area contributed by atoms with E-state index >= 15 is 0 Å². The molecule has 0 aliphatic carbocycles. The maximum absolute atomic E-state index is 4.90. The number of nitrogens with two attached hydrogens (primary N) is 2. The van der Waals surface area contributed by atoms with Gasteiger partial charge in [0, 0.05) is 46.5 Å². The zero-order valence-electron chi connectivity index (χ0n) is 15.7. The minimum absolute atomic E-state index is 0.597. The van der Waals surface area contributed by atoms with Gasteiger partial charge in [-0.25, -0.2) is 4.98 Å². The number of nitrogens with zero attached hydrogens (tertiary/aromatic N) is 2. The van der Waals surface area contributed by atoms with Crippen LogP contribution in [0.15, 0.2) is 48.5 Å². The Morgan fingerprint density at radius 3 is 1.50 bits per heavy atom. The molecule has 3 aromatic heterocycles.